The standard InChI is InChI=1S/C24H30N2O4S/c27-13-12-15-8-10-16(11-9-15)25-14-20-17-6-3-7-21(17)31-23(20)26-22(28)18-4-1-2-5-19(18)24(29)30/h8-11,18-19,25,27H,1-7,12-14H2,(H,26,28)(H,29,30). The van der Waals surface area contributed by atoms with E-state index in [1.807, 2.05) is 24.3 Å². The number of rotatable bonds is 8. The molecule has 0 spiro atoms. The maximum absolute atomic E-state index is 13.0. The Bertz CT molecular complexity index is 938. The highest BCUT2D eigenvalue weighted by atomic mass is 32.1. The molecule has 2 unspecified atom stereocenters. The molecule has 2 atom stereocenters. The number of carboxylic acid groups (broad SMARTS) is 1. The molecule has 0 radical (unpaired) electrons. The monoisotopic (exact) mass is 442 g/mol. The number of carboxylic acids is 1. The normalized spacial score (nSPS) is 20.3. The molecular formula is C24H30N2O4S. The minimum Gasteiger partial charge on any atom is -0.481 e. The second-order valence-corrected chi connectivity index (χ2v) is 9.62. The van der Waals surface area contributed by atoms with Gasteiger partial charge in [-0.25, -0.2) is 0 Å². The molecule has 2 aliphatic rings. The number of hydrogen-bond acceptors (Lipinski definition) is 5. The highest BCUT2D eigenvalue weighted by molar-refractivity contribution is 7.16. The van der Waals surface area contributed by atoms with Gasteiger partial charge in [-0.1, -0.05) is 25.0 Å². The van der Waals surface area contributed by atoms with Crippen molar-refractivity contribution in [2.75, 3.05) is 17.2 Å². The molecule has 1 fully saturated rings. The van der Waals surface area contributed by atoms with E-state index < -0.39 is 17.8 Å². The van der Waals surface area contributed by atoms with Gasteiger partial charge in [0.2, 0.25) is 5.91 Å². The molecule has 2 aromatic rings. The maximum Gasteiger partial charge on any atom is 0.307 e. The lowest BCUT2D eigenvalue weighted by Crippen LogP contribution is -2.36. The van der Waals surface area contributed by atoms with E-state index in [2.05, 4.69) is 10.6 Å². The summed E-state index contributed by atoms with van der Waals surface area (Å²) in [7, 11) is 0. The summed E-state index contributed by atoms with van der Waals surface area (Å²) in [5.41, 5.74) is 4.56. The van der Waals surface area contributed by atoms with E-state index in [1.54, 1.807) is 11.3 Å². The number of carbonyl (C=O) groups excluding carboxylic acids is 1. The van der Waals surface area contributed by atoms with Crippen LogP contribution < -0.4 is 10.6 Å². The molecule has 0 saturated heterocycles. The van der Waals surface area contributed by atoms with Crippen LogP contribution in [0.25, 0.3) is 0 Å². The lowest BCUT2D eigenvalue weighted by molar-refractivity contribution is -0.147. The summed E-state index contributed by atoms with van der Waals surface area (Å²) in [5, 5.41) is 26.0. The van der Waals surface area contributed by atoms with Crippen molar-refractivity contribution in [1.29, 1.82) is 0 Å². The Morgan fingerprint density at radius 3 is 2.48 bits per heavy atom. The van der Waals surface area contributed by atoms with Crippen LogP contribution in [-0.2, 0) is 35.4 Å². The fourth-order valence-electron chi connectivity index (χ4n) is 4.81. The van der Waals surface area contributed by atoms with Gasteiger partial charge in [0.1, 0.15) is 5.00 Å². The largest absolute Gasteiger partial charge is 0.481 e. The van der Waals surface area contributed by atoms with E-state index in [-0.39, 0.29) is 12.5 Å². The third kappa shape index (κ3) is 4.93. The molecule has 1 saturated carbocycles. The molecule has 2 aliphatic carbocycles. The number of hydrogen-bond donors (Lipinski definition) is 4. The van der Waals surface area contributed by atoms with Gasteiger partial charge in [0.25, 0.3) is 0 Å². The number of amides is 1. The Morgan fingerprint density at radius 2 is 1.77 bits per heavy atom. The Balaban J connectivity index is 1.48. The van der Waals surface area contributed by atoms with E-state index in [0.29, 0.717) is 25.8 Å². The molecule has 6 nitrogen and oxygen atoms in total. The lowest BCUT2D eigenvalue weighted by atomic mass is 9.79. The van der Waals surface area contributed by atoms with E-state index >= 15 is 0 Å². The minimum absolute atomic E-state index is 0.139. The number of aliphatic hydroxyl groups excluding tert-OH is 1. The number of thiophene rings is 1. The number of fused-ring (bicyclic) bond motifs is 1. The van der Waals surface area contributed by atoms with E-state index in [4.69, 9.17) is 5.11 Å². The van der Waals surface area contributed by atoms with Gasteiger partial charge in [0.15, 0.2) is 0 Å². The number of benzene rings is 1. The zero-order valence-corrected chi connectivity index (χ0v) is 18.5. The van der Waals surface area contributed by atoms with Crippen LogP contribution in [0.15, 0.2) is 24.3 Å². The molecule has 1 heterocycles. The van der Waals surface area contributed by atoms with Crippen molar-refractivity contribution in [3.05, 3.63) is 45.8 Å². The SMILES string of the molecule is O=C(O)C1CCCCC1C(=O)Nc1sc2c(c1CNc1ccc(CCO)cc1)CCC2. The summed E-state index contributed by atoms with van der Waals surface area (Å²) >= 11 is 1.65. The number of aliphatic carboxylic acids is 1. The number of nitrogens with one attached hydrogen (secondary N) is 2. The van der Waals surface area contributed by atoms with E-state index in [9.17, 15) is 14.7 Å². The first-order chi connectivity index (χ1) is 15.1. The van der Waals surface area contributed by atoms with Gasteiger partial charge in [-0.2, -0.15) is 0 Å². The van der Waals surface area contributed by atoms with Gasteiger partial charge in [-0.15, -0.1) is 11.3 Å². The Hall–Kier alpha value is -2.38. The maximum atomic E-state index is 13.0. The van der Waals surface area contributed by atoms with Crippen molar-refractivity contribution in [2.24, 2.45) is 11.8 Å². The Morgan fingerprint density at radius 1 is 1.03 bits per heavy atom. The summed E-state index contributed by atoms with van der Waals surface area (Å²) < 4.78 is 0. The third-order valence-electron chi connectivity index (χ3n) is 6.51. The Kier molecular flexibility index (Phi) is 6.92. The van der Waals surface area contributed by atoms with Gasteiger partial charge in [-0.05, 0) is 61.8 Å². The first kappa shape index (κ1) is 21.8. The van der Waals surface area contributed by atoms with Gasteiger partial charge in [-0.3, -0.25) is 9.59 Å². The number of anilines is 2. The van der Waals surface area contributed by atoms with Crippen molar-refractivity contribution < 1.29 is 19.8 Å². The van der Waals surface area contributed by atoms with Crippen LogP contribution in [-0.4, -0.2) is 28.7 Å². The molecule has 0 bridgehead atoms. The summed E-state index contributed by atoms with van der Waals surface area (Å²) in [6.45, 7) is 0.758. The Labute approximate surface area is 186 Å². The molecular weight excluding hydrogens is 412 g/mol. The molecule has 1 aromatic heterocycles. The first-order valence-corrected chi connectivity index (χ1v) is 12.0. The number of aryl methyl sites for hydroxylation is 1. The smallest absolute Gasteiger partial charge is 0.307 e. The molecule has 4 rings (SSSR count). The highest BCUT2D eigenvalue weighted by Gasteiger charge is 2.36. The average Bonchev–Trinajstić information content (AvgIpc) is 3.35. The van der Waals surface area contributed by atoms with Crippen molar-refractivity contribution in [3.8, 4) is 0 Å². The molecule has 166 valence electrons. The van der Waals surface area contributed by atoms with Crippen LogP contribution in [0.2, 0.25) is 0 Å². The van der Waals surface area contributed by atoms with Crippen molar-refractivity contribution in [1.82, 2.24) is 0 Å². The van der Waals surface area contributed by atoms with Crippen LogP contribution in [0.5, 0.6) is 0 Å². The van der Waals surface area contributed by atoms with Crippen LogP contribution in [0, 0.1) is 11.8 Å². The second kappa shape index (κ2) is 9.83. The molecule has 4 N–H and O–H groups in total. The van der Waals surface area contributed by atoms with Crippen molar-refractivity contribution in [3.63, 3.8) is 0 Å². The topological polar surface area (TPSA) is 98.7 Å². The van der Waals surface area contributed by atoms with Gasteiger partial charge >= 0.3 is 5.97 Å². The summed E-state index contributed by atoms with van der Waals surface area (Å²) in [6.07, 6.45) is 6.85. The number of aliphatic hydroxyl groups is 1. The first-order valence-electron chi connectivity index (χ1n) is 11.2. The van der Waals surface area contributed by atoms with Crippen molar-refractivity contribution in [2.45, 2.75) is 57.9 Å². The third-order valence-corrected chi connectivity index (χ3v) is 7.76. The highest BCUT2D eigenvalue weighted by Crippen LogP contribution is 2.40. The fraction of sp³-hybridized carbons (Fsp3) is 0.500. The molecule has 0 aliphatic heterocycles. The van der Waals surface area contributed by atoms with Crippen LogP contribution in [0.4, 0.5) is 10.7 Å². The average molecular weight is 443 g/mol. The summed E-state index contributed by atoms with van der Waals surface area (Å²) in [6, 6.07) is 8.04. The minimum atomic E-state index is -0.861. The van der Waals surface area contributed by atoms with Crippen LogP contribution in [0.1, 0.15) is 53.7 Å². The zero-order chi connectivity index (χ0) is 21.8. The van der Waals surface area contributed by atoms with E-state index in [0.717, 1.165) is 53.9 Å². The van der Waals surface area contributed by atoms with Gasteiger partial charge in [0.05, 0.1) is 11.8 Å². The van der Waals surface area contributed by atoms with Gasteiger partial charge in [0, 0.05) is 29.3 Å². The van der Waals surface area contributed by atoms with Crippen LogP contribution in [0.3, 0.4) is 0 Å². The molecule has 1 amide bonds. The molecule has 7 heteroatoms. The second-order valence-electron chi connectivity index (χ2n) is 8.51. The molecule has 31 heavy (non-hydrogen) atoms. The zero-order valence-electron chi connectivity index (χ0n) is 17.7. The summed E-state index contributed by atoms with van der Waals surface area (Å²) in [4.78, 5) is 26.0. The molecule has 1 aromatic carbocycles. The van der Waals surface area contributed by atoms with Crippen molar-refractivity contribution >= 4 is 33.9 Å². The summed E-state index contributed by atoms with van der Waals surface area (Å²) in [5.74, 6) is -2.05. The quantitative estimate of drug-likeness (QED) is 0.491. The predicted octanol–water partition coefficient (Wildman–Crippen LogP) is 4.21. The lowest BCUT2D eigenvalue weighted by Gasteiger charge is -2.27. The predicted molar refractivity (Wildman–Crippen MR) is 123 cm³/mol. The van der Waals surface area contributed by atoms with Crippen LogP contribution >= 0.6 is 11.3 Å². The number of carbonyl (C=O) groups is 2. The van der Waals surface area contributed by atoms with Gasteiger partial charge < -0.3 is 20.8 Å². The fourth-order valence-corrected chi connectivity index (χ4v) is 6.12. The van der Waals surface area contributed by atoms with E-state index in [1.165, 1.54) is 10.4 Å².